The Morgan fingerprint density at radius 3 is 2.50 bits per heavy atom. The van der Waals surface area contributed by atoms with Crippen molar-refractivity contribution in [3.8, 4) is 11.6 Å². The van der Waals surface area contributed by atoms with Gasteiger partial charge in [0.2, 0.25) is 0 Å². The predicted octanol–water partition coefficient (Wildman–Crippen LogP) is 2.01. The van der Waals surface area contributed by atoms with Crippen molar-refractivity contribution >= 4 is 28.7 Å². The lowest BCUT2D eigenvalue weighted by atomic mass is 10.1. The van der Waals surface area contributed by atoms with E-state index < -0.39 is 0 Å². The molecule has 0 unspecified atom stereocenters. The second kappa shape index (κ2) is 6.66. The molecule has 0 spiro atoms. The molecule has 1 aliphatic heterocycles. The first kappa shape index (κ1) is 17.8. The first-order valence-corrected chi connectivity index (χ1v) is 9.34. The summed E-state index contributed by atoms with van der Waals surface area (Å²) in [6.07, 6.45) is 3.42. The molecule has 148 valence electrons. The zero-order chi connectivity index (χ0) is 20.8. The Labute approximate surface area is 170 Å². The Balaban J connectivity index is 1.40. The summed E-state index contributed by atoms with van der Waals surface area (Å²) >= 11 is 0. The van der Waals surface area contributed by atoms with Gasteiger partial charge in [-0.1, -0.05) is 12.1 Å². The summed E-state index contributed by atoms with van der Waals surface area (Å²) in [5.41, 5.74) is 8.50. The number of hydrogen-bond acceptors (Lipinski definition) is 5. The lowest BCUT2D eigenvalue weighted by molar-refractivity contribution is 0.0649. The Bertz CT molecular complexity index is 1300. The van der Waals surface area contributed by atoms with Gasteiger partial charge in [0.25, 0.3) is 11.8 Å². The van der Waals surface area contributed by atoms with Gasteiger partial charge in [-0.15, -0.1) is 0 Å². The third-order valence-electron chi connectivity index (χ3n) is 5.16. The second-order valence-corrected chi connectivity index (χ2v) is 6.98. The molecule has 9 heteroatoms. The van der Waals surface area contributed by atoms with Crippen molar-refractivity contribution in [1.82, 2.24) is 24.4 Å². The maximum absolute atomic E-state index is 12.6. The molecule has 9 nitrogen and oxygen atoms in total. The van der Waals surface area contributed by atoms with Crippen molar-refractivity contribution in [2.45, 2.75) is 6.54 Å². The Morgan fingerprint density at radius 1 is 1.07 bits per heavy atom. The topological polar surface area (TPSA) is 134 Å². The number of carbonyl (C=O) groups excluding carboxylic acids is 2. The maximum atomic E-state index is 12.6. The van der Waals surface area contributed by atoms with E-state index in [-0.39, 0.29) is 24.2 Å². The summed E-state index contributed by atoms with van der Waals surface area (Å²) in [6.45, 7) is 0.612. The number of nitrogen functional groups attached to an aromatic ring is 1. The number of nitrogens with two attached hydrogens (primary N) is 1. The molecule has 2 aromatic carbocycles. The van der Waals surface area contributed by atoms with Gasteiger partial charge in [0.1, 0.15) is 5.84 Å². The zero-order valence-corrected chi connectivity index (χ0v) is 15.8. The molecule has 0 saturated carbocycles. The molecule has 3 heterocycles. The third kappa shape index (κ3) is 2.75. The van der Waals surface area contributed by atoms with Crippen LogP contribution in [0.25, 0.3) is 22.7 Å². The van der Waals surface area contributed by atoms with E-state index in [1.165, 1.54) is 4.90 Å². The zero-order valence-electron chi connectivity index (χ0n) is 15.8. The highest BCUT2D eigenvalue weighted by molar-refractivity contribution is 6.21. The smallest absolute Gasteiger partial charge is 0.261 e. The van der Waals surface area contributed by atoms with E-state index in [0.717, 1.165) is 11.0 Å². The van der Waals surface area contributed by atoms with E-state index in [9.17, 15) is 9.59 Å². The fraction of sp³-hybridized carbons (Fsp3) is 0.0952. The number of rotatable bonds is 5. The van der Waals surface area contributed by atoms with Crippen molar-refractivity contribution in [2.75, 3.05) is 6.54 Å². The molecule has 1 aliphatic rings. The van der Waals surface area contributed by atoms with Crippen LogP contribution < -0.4 is 5.73 Å². The number of H-pyrrole nitrogens is 1. The van der Waals surface area contributed by atoms with Crippen molar-refractivity contribution in [2.24, 2.45) is 5.73 Å². The summed E-state index contributed by atoms with van der Waals surface area (Å²) in [5.74, 6) is 0.566. The number of imidazole rings is 2. The van der Waals surface area contributed by atoms with Crippen molar-refractivity contribution in [3.05, 3.63) is 71.5 Å². The first-order valence-electron chi connectivity index (χ1n) is 9.34. The quantitative estimate of drug-likeness (QED) is 0.268. The van der Waals surface area contributed by atoms with Crippen molar-refractivity contribution in [3.63, 3.8) is 0 Å². The highest BCUT2D eigenvalue weighted by atomic mass is 16.2. The number of amidine groups is 1. The minimum Gasteiger partial charge on any atom is -0.384 e. The molecule has 0 aliphatic carbocycles. The van der Waals surface area contributed by atoms with Gasteiger partial charge < -0.3 is 15.3 Å². The fourth-order valence-corrected chi connectivity index (χ4v) is 3.64. The van der Waals surface area contributed by atoms with Gasteiger partial charge in [-0.2, -0.15) is 0 Å². The molecule has 0 saturated heterocycles. The molecule has 0 fully saturated rings. The molecule has 5 rings (SSSR count). The average molecular weight is 399 g/mol. The predicted molar refractivity (Wildman–Crippen MR) is 110 cm³/mol. The average Bonchev–Trinajstić information content (AvgIpc) is 3.44. The summed E-state index contributed by atoms with van der Waals surface area (Å²) in [7, 11) is 0. The van der Waals surface area contributed by atoms with Gasteiger partial charge in [0.15, 0.2) is 11.6 Å². The van der Waals surface area contributed by atoms with E-state index in [4.69, 9.17) is 11.1 Å². The Morgan fingerprint density at radius 2 is 1.80 bits per heavy atom. The second-order valence-electron chi connectivity index (χ2n) is 6.98. The van der Waals surface area contributed by atoms with Gasteiger partial charge in [0, 0.05) is 31.0 Å². The summed E-state index contributed by atoms with van der Waals surface area (Å²) in [4.78, 5) is 38.5. The largest absolute Gasteiger partial charge is 0.384 e. The van der Waals surface area contributed by atoms with Crippen LogP contribution >= 0.6 is 0 Å². The van der Waals surface area contributed by atoms with Crippen LogP contribution in [0.1, 0.15) is 26.3 Å². The summed E-state index contributed by atoms with van der Waals surface area (Å²) in [6, 6.07) is 12.1. The third-order valence-corrected chi connectivity index (χ3v) is 5.16. The lowest BCUT2D eigenvalue weighted by Crippen LogP contribution is -2.32. The highest BCUT2D eigenvalue weighted by Crippen LogP contribution is 2.23. The highest BCUT2D eigenvalue weighted by Gasteiger charge is 2.34. The van der Waals surface area contributed by atoms with Gasteiger partial charge in [-0.3, -0.25) is 19.9 Å². The molecule has 4 aromatic rings. The first-order chi connectivity index (χ1) is 14.5. The number of hydrogen-bond donors (Lipinski definition) is 3. The molecule has 30 heavy (non-hydrogen) atoms. The number of nitrogens with one attached hydrogen (secondary N) is 2. The molecule has 4 N–H and O–H groups in total. The minimum atomic E-state index is -0.280. The van der Waals surface area contributed by atoms with Crippen LogP contribution in [0.15, 0.2) is 54.9 Å². The summed E-state index contributed by atoms with van der Waals surface area (Å²) in [5, 5.41) is 7.58. The number of aromatic amines is 1. The standard InChI is InChI=1S/C21H17N7O2/c22-17(23)12-5-6-15-16(11-12)26-18(25-15)19-24-7-8-27(19)9-10-28-20(29)13-3-1-2-4-14(13)21(28)30/h1-8,11H,9-10H2,(H3,22,23)(H,25,26). The number of amides is 2. The minimum absolute atomic E-state index is 0.0181. The number of nitrogens with zero attached hydrogens (tertiary/aromatic N) is 4. The van der Waals surface area contributed by atoms with Crippen LogP contribution in [0.5, 0.6) is 0 Å². The van der Waals surface area contributed by atoms with E-state index in [2.05, 4.69) is 15.0 Å². The van der Waals surface area contributed by atoms with Crippen LogP contribution in [-0.2, 0) is 6.54 Å². The van der Waals surface area contributed by atoms with Crippen LogP contribution in [0.3, 0.4) is 0 Å². The van der Waals surface area contributed by atoms with Gasteiger partial charge in [-0.25, -0.2) is 9.97 Å². The number of fused-ring (bicyclic) bond motifs is 2. The van der Waals surface area contributed by atoms with Crippen LogP contribution in [-0.4, -0.2) is 48.6 Å². The van der Waals surface area contributed by atoms with E-state index >= 15 is 0 Å². The van der Waals surface area contributed by atoms with Crippen molar-refractivity contribution in [1.29, 1.82) is 5.41 Å². The number of imide groups is 1. The molecular weight excluding hydrogens is 382 g/mol. The summed E-state index contributed by atoms with van der Waals surface area (Å²) < 4.78 is 1.84. The van der Waals surface area contributed by atoms with Gasteiger partial charge in [0.05, 0.1) is 22.2 Å². The van der Waals surface area contributed by atoms with E-state index in [0.29, 0.717) is 34.9 Å². The van der Waals surface area contributed by atoms with Crippen LogP contribution in [0.2, 0.25) is 0 Å². The van der Waals surface area contributed by atoms with Crippen LogP contribution in [0.4, 0.5) is 0 Å². The molecule has 2 amide bonds. The van der Waals surface area contributed by atoms with Gasteiger partial charge in [-0.05, 0) is 30.3 Å². The lowest BCUT2D eigenvalue weighted by Gasteiger charge is -2.15. The molecule has 2 aromatic heterocycles. The van der Waals surface area contributed by atoms with Crippen molar-refractivity contribution < 1.29 is 9.59 Å². The monoisotopic (exact) mass is 399 g/mol. The van der Waals surface area contributed by atoms with E-state index in [1.54, 1.807) is 54.9 Å². The van der Waals surface area contributed by atoms with Gasteiger partial charge >= 0.3 is 0 Å². The molecule has 0 atom stereocenters. The normalized spacial score (nSPS) is 13.3. The van der Waals surface area contributed by atoms with Crippen LogP contribution in [0, 0.1) is 5.41 Å². The number of carbonyl (C=O) groups is 2. The van der Waals surface area contributed by atoms with E-state index in [1.807, 2.05) is 4.57 Å². The molecule has 0 radical (unpaired) electrons. The fourth-order valence-electron chi connectivity index (χ4n) is 3.64. The number of benzene rings is 2. The maximum Gasteiger partial charge on any atom is 0.261 e. The Kier molecular flexibility index (Phi) is 3.95. The molecular formula is C21H17N7O2. The SMILES string of the molecule is N=C(N)c1ccc2nc(-c3nccn3CCN3C(=O)c4ccccc4C3=O)[nH]c2c1. The Hall–Kier alpha value is -4.27. The molecule has 0 bridgehead atoms. The number of aromatic nitrogens is 4.